The molecule has 0 aliphatic carbocycles. The molecule has 0 bridgehead atoms. The lowest BCUT2D eigenvalue weighted by Crippen LogP contribution is -2.15. The van der Waals surface area contributed by atoms with Crippen molar-refractivity contribution in [1.29, 1.82) is 0 Å². The van der Waals surface area contributed by atoms with E-state index in [1.807, 2.05) is 49.0 Å². The van der Waals surface area contributed by atoms with Gasteiger partial charge in [0.2, 0.25) is 0 Å². The molecule has 0 saturated carbocycles. The maximum atomic E-state index is 4.94. The van der Waals surface area contributed by atoms with Crippen molar-refractivity contribution < 1.29 is 4.74 Å². The first-order valence-corrected chi connectivity index (χ1v) is 4.11. The van der Waals surface area contributed by atoms with Crippen LogP contribution in [-0.2, 0) is 4.74 Å². The summed E-state index contributed by atoms with van der Waals surface area (Å²) in [5, 5.41) is 5.50. The summed E-state index contributed by atoms with van der Waals surface area (Å²) < 4.78 is 4.94. The van der Waals surface area contributed by atoms with E-state index < -0.39 is 0 Å². The van der Waals surface area contributed by atoms with Gasteiger partial charge in [-0.15, -0.1) is 0 Å². The van der Waals surface area contributed by atoms with E-state index in [1.54, 1.807) is 7.11 Å². The van der Waals surface area contributed by atoms with Gasteiger partial charge < -0.3 is 15.4 Å². The molecule has 0 amide bonds. The summed E-state index contributed by atoms with van der Waals surface area (Å²) in [6.07, 6.45) is 0. The van der Waals surface area contributed by atoms with E-state index in [4.69, 9.17) is 4.74 Å². The van der Waals surface area contributed by atoms with Gasteiger partial charge in [0.05, 0.1) is 5.60 Å². The fraction of sp³-hybridized carbons (Fsp3) is 1.00. The summed E-state index contributed by atoms with van der Waals surface area (Å²) in [7, 11) is 9.21. The van der Waals surface area contributed by atoms with Crippen molar-refractivity contribution in [3.63, 3.8) is 0 Å². The van der Waals surface area contributed by atoms with Crippen molar-refractivity contribution in [1.82, 2.24) is 10.6 Å². The predicted octanol–water partition coefficient (Wildman–Crippen LogP) is 1.10. The molecule has 0 radical (unpaired) electrons. The Balaban J connectivity index is -0.000000115. The average molecular weight is 178 g/mol. The highest BCUT2D eigenvalue weighted by Crippen LogP contribution is 2.02. The number of hydrogen-bond donors (Lipinski definition) is 2. The van der Waals surface area contributed by atoms with Gasteiger partial charge in [-0.25, -0.2) is 0 Å². The van der Waals surface area contributed by atoms with Crippen LogP contribution in [0.4, 0.5) is 0 Å². The lowest BCUT2D eigenvalue weighted by molar-refractivity contribution is 0.0397. The van der Waals surface area contributed by atoms with Gasteiger partial charge >= 0.3 is 0 Å². The summed E-state index contributed by atoms with van der Waals surface area (Å²) in [6, 6.07) is 0. The molecule has 12 heavy (non-hydrogen) atoms. The van der Waals surface area contributed by atoms with E-state index in [0.717, 1.165) is 0 Å². The molecular weight excluding hydrogens is 152 g/mol. The smallest absolute Gasteiger partial charge is 0.0594 e. The van der Waals surface area contributed by atoms with Crippen LogP contribution in [0.2, 0.25) is 0 Å². The van der Waals surface area contributed by atoms with Crippen LogP contribution in [0.3, 0.4) is 0 Å². The van der Waals surface area contributed by atoms with Crippen molar-refractivity contribution in [2.75, 3.05) is 35.3 Å². The number of ether oxygens (including phenoxy) is 1. The highest BCUT2D eigenvalue weighted by Gasteiger charge is 2.03. The largest absolute Gasteiger partial charge is 0.379 e. The second-order valence-electron chi connectivity index (χ2n) is 3.32. The normalized spacial score (nSPS) is 9.00. The number of hydrogen-bond acceptors (Lipinski definition) is 3. The predicted molar refractivity (Wildman–Crippen MR) is 56.7 cm³/mol. The van der Waals surface area contributed by atoms with Crippen molar-refractivity contribution in [3.05, 3.63) is 0 Å². The summed E-state index contributed by atoms with van der Waals surface area (Å²) in [4.78, 5) is 0. The Labute approximate surface area is 77.9 Å². The fourth-order valence-electron chi connectivity index (χ4n) is 0. The number of nitrogens with one attached hydrogen (secondary N) is 2. The molecule has 0 aliphatic heterocycles. The van der Waals surface area contributed by atoms with Gasteiger partial charge in [0.1, 0.15) is 0 Å². The van der Waals surface area contributed by atoms with Crippen LogP contribution in [0.25, 0.3) is 0 Å². The highest BCUT2D eigenvalue weighted by molar-refractivity contribution is 4.55. The topological polar surface area (TPSA) is 33.3 Å². The van der Waals surface area contributed by atoms with Crippen LogP contribution < -0.4 is 10.6 Å². The van der Waals surface area contributed by atoms with Crippen LogP contribution in [-0.4, -0.2) is 40.9 Å². The van der Waals surface area contributed by atoms with Crippen LogP contribution in [0.1, 0.15) is 20.8 Å². The molecule has 78 valence electrons. The Morgan fingerprint density at radius 1 is 0.833 bits per heavy atom. The standard InChI is InChI=1S/C5H12O.2C2H7N/c1-5(2,3)6-4;2*1-3-2/h1-4H3;2*3H,1-2H3. The molecule has 0 fully saturated rings. The van der Waals surface area contributed by atoms with Gasteiger partial charge in [0.25, 0.3) is 0 Å². The zero-order chi connectivity index (χ0) is 10.6. The minimum absolute atomic E-state index is 0.0417. The Hall–Kier alpha value is -0.120. The van der Waals surface area contributed by atoms with Gasteiger partial charge in [0.15, 0.2) is 0 Å². The SMILES string of the molecule is CNC.CNC.COC(C)(C)C. The molecule has 3 heteroatoms. The van der Waals surface area contributed by atoms with Gasteiger partial charge in [-0.3, -0.25) is 0 Å². The lowest BCUT2D eigenvalue weighted by atomic mass is 10.2. The van der Waals surface area contributed by atoms with Gasteiger partial charge in [0, 0.05) is 7.11 Å². The molecule has 0 rings (SSSR count). The van der Waals surface area contributed by atoms with E-state index in [-0.39, 0.29) is 5.60 Å². The molecule has 0 saturated heterocycles. The molecule has 0 unspecified atom stereocenters. The van der Waals surface area contributed by atoms with Gasteiger partial charge in [-0.1, -0.05) is 0 Å². The first-order chi connectivity index (χ1) is 5.39. The zero-order valence-electron chi connectivity index (χ0n) is 9.91. The zero-order valence-corrected chi connectivity index (χ0v) is 9.91. The average Bonchev–Trinajstić information content (AvgIpc) is 1.90. The summed E-state index contributed by atoms with van der Waals surface area (Å²) in [5.41, 5.74) is 0.0417. The summed E-state index contributed by atoms with van der Waals surface area (Å²) in [6.45, 7) is 6.06. The molecule has 0 aliphatic rings. The maximum absolute atomic E-state index is 4.94. The van der Waals surface area contributed by atoms with E-state index in [1.165, 1.54) is 0 Å². The molecule has 0 spiro atoms. The lowest BCUT2D eigenvalue weighted by Gasteiger charge is -2.14. The third-order valence-corrected chi connectivity index (χ3v) is 0.612. The van der Waals surface area contributed by atoms with Crippen molar-refractivity contribution in [3.8, 4) is 0 Å². The molecule has 0 aromatic heterocycles. The number of rotatable bonds is 0. The monoisotopic (exact) mass is 178 g/mol. The minimum atomic E-state index is 0.0417. The highest BCUT2D eigenvalue weighted by atomic mass is 16.5. The van der Waals surface area contributed by atoms with E-state index in [2.05, 4.69) is 10.6 Å². The van der Waals surface area contributed by atoms with E-state index >= 15 is 0 Å². The molecule has 0 heterocycles. The van der Waals surface area contributed by atoms with Crippen LogP contribution in [0, 0.1) is 0 Å². The third-order valence-electron chi connectivity index (χ3n) is 0.612. The summed E-state index contributed by atoms with van der Waals surface area (Å²) >= 11 is 0. The quantitative estimate of drug-likeness (QED) is 0.583. The van der Waals surface area contributed by atoms with Crippen molar-refractivity contribution in [2.24, 2.45) is 0 Å². The molecule has 2 N–H and O–H groups in total. The molecular formula is C9H26N2O. The van der Waals surface area contributed by atoms with Crippen molar-refractivity contribution in [2.45, 2.75) is 26.4 Å². The Morgan fingerprint density at radius 2 is 0.917 bits per heavy atom. The van der Waals surface area contributed by atoms with E-state index in [0.29, 0.717) is 0 Å². The molecule has 0 aromatic carbocycles. The minimum Gasteiger partial charge on any atom is -0.379 e. The Morgan fingerprint density at radius 3 is 0.917 bits per heavy atom. The van der Waals surface area contributed by atoms with E-state index in [9.17, 15) is 0 Å². The fourth-order valence-corrected chi connectivity index (χ4v) is 0. The first-order valence-electron chi connectivity index (χ1n) is 4.11. The second kappa shape index (κ2) is 13.5. The molecule has 3 nitrogen and oxygen atoms in total. The molecule has 0 atom stereocenters. The van der Waals surface area contributed by atoms with Crippen LogP contribution >= 0.6 is 0 Å². The third kappa shape index (κ3) is 93.9. The van der Waals surface area contributed by atoms with Gasteiger partial charge in [-0.05, 0) is 49.0 Å². The second-order valence-corrected chi connectivity index (χ2v) is 3.32. The molecule has 0 aromatic rings. The maximum Gasteiger partial charge on any atom is 0.0594 e. The Bertz CT molecular complexity index is 58.0. The summed E-state index contributed by atoms with van der Waals surface area (Å²) in [5.74, 6) is 0. The van der Waals surface area contributed by atoms with Crippen LogP contribution in [0.5, 0.6) is 0 Å². The van der Waals surface area contributed by atoms with Gasteiger partial charge in [-0.2, -0.15) is 0 Å². The van der Waals surface area contributed by atoms with Crippen LogP contribution in [0.15, 0.2) is 0 Å². The Kier molecular flexibility index (Phi) is 20.0. The van der Waals surface area contributed by atoms with Crippen molar-refractivity contribution >= 4 is 0 Å². The first kappa shape index (κ1) is 17.8. The number of methoxy groups -OCH3 is 1.